The Morgan fingerprint density at radius 2 is 1.69 bits per heavy atom. The minimum Gasteiger partial charge on any atom is -0.449 e. The number of esters is 1. The summed E-state index contributed by atoms with van der Waals surface area (Å²) in [5, 5.41) is 6.21. The number of ether oxygens (including phenoxy) is 1. The fourth-order valence-electron chi connectivity index (χ4n) is 3.32. The predicted molar refractivity (Wildman–Crippen MR) is 113 cm³/mol. The molecule has 3 aromatic rings. The first-order valence-electron chi connectivity index (χ1n) is 9.92. The van der Waals surface area contributed by atoms with E-state index in [0.717, 1.165) is 4.90 Å². The zero-order valence-electron chi connectivity index (χ0n) is 17.3. The molecule has 162 valence electrons. The lowest BCUT2D eigenvalue weighted by Crippen LogP contribution is -2.32. The number of rotatable bonds is 6. The molecule has 2 aromatic carbocycles. The predicted octanol–water partition coefficient (Wildman–Crippen LogP) is 3.36. The van der Waals surface area contributed by atoms with Gasteiger partial charge in [0.15, 0.2) is 11.9 Å². The zero-order chi connectivity index (χ0) is 22.8. The molecule has 1 unspecified atom stereocenters. The molecule has 9 heteroatoms. The van der Waals surface area contributed by atoms with Crippen LogP contribution in [0.4, 0.5) is 11.5 Å². The number of imide groups is 1. The lowest BCUT2D eigenvalue weighted by atomic mass is 10.1. The molecule has 4 rings (SSSR count). The minimum atomic E-state index is -1.03. The maximum Gasteiger partial charge on any atom is 0.338 e. The molecule has 0 saturated carbocycles. The molecule has 0 aliphatic carbocycles. The van der Waals surface area contributed by atoms with E-state index in [1.165, 1.54) is 24.3 Å². The Bertz CT molecular complexity index is 1180. The molecule has 1 aliphatic rings. The van der Waals surface area contributed by atoms with E-state index in [1.807, 2.05) is 0 Å². The summed E-state index contributed by atoms with van der Waals surface area (Å²) in [6.07, 6.45) is -0.781. The number of carbonyl (C=O) groups is 4. The van der Waals surface area contributed by atoms with Crippen molar-refractivity contribution in [3.8, 4) is 0 Å². The van der Waals surface area contributed by atoms with Crippen molar-refractivity contribution < 1.29 is 28.4 Å². The van der Waals surface area contributed by atoms with Crippen molar-refractivity contribution in [2.24, 2.45) is 0 Å². The van der Waals surface area contributed by atoms with Crippen LogP contribution in [-0.4, -0.2) is 35.0 Å². The van der Waals surface area contributed by atoms with Crippen LogP contribution in [0.15, 0.2) is 59.1 Å². The molecular weight excluding hydrogens is 414 g/mol. The van der Waals surface area contributed by atoms with E-state index >= 15 is 0 Å². The minimum absolute atomic E-state index is 0.175. The van der Waals surface area contributed by atoms with E-state index in [-0.39, 0.29) is 17.8 Å². The Morgan fingerprint density at radius 1 is 1.06 bits per heavy atom. The molecule has 0 fully saturated rings. The molecule has 1 aromatic heterocycles. The smallest absolute Gasteiger partial charge is 0.338 e. The Kier molecular flexibility index (Phi) is 5.55. The van der Waals surface area contributed by atoms with Crippen LogP contribution in [0.2, 0.25) is 0 Å². The van der Waals surface area contributed by atoms with Crippen LogP contribution in [0.3, 0.4) is 0 Å². The van der Waals surface area contributed by atoms with Gasteiger partial charge in [0.25, 0.3) is 17.7 Å². The van der Waals surface area contributed by atoms with Crippen molar-refractivity contribution in [3.05, 3.63) is 77.0 Å². The summed E-state index contributed by atoms with van der Waals surface area (Å²) in [5.74, 6) is -1.33. The standard InChI is InChI=1S/C23H19N3O6/c1-3-18(20(27)24-19-12-13(2)32-25-19)31-23(30)14-8-10-15(11-9-14)26-21(28)16-6-4-5-7-17(16)22(26)29/h4-12,18H,3H2,1-2H3,(H,24,25,27). The van der Waals surface area contributed by atoms with E-state index in [2.05, 4.69) is 10.5 Å². The molecule has 2 heterocycles. The molecule has 1 N–H and O–H groups in total. The van der Waals surface area contributed by atoms with E-state index in [1.54, 1.807) is 44.2 Å². The number of hydrogen-bond acceptors (Lipinski definition) is 7. The van der Waals surface area contributed by atoms with Gasteiger partial charge in [0.05, 0.1) is 22.4 Å². The van der Waals surface area contributed by atoms with E-state index in [0.29, 0.717) is 22.6 Å². The van der Waals surface area contributed by atoms with Gasteiger partial charge >= 0.3 is 5.97 Å². The van der Waals surface area contributed by atoms with Crippen LogP contribution in [0.1, 0.15) is 50.2 Å². The number of carbonyl (C=O) groups excluding carboxylic acids is 4. The second-order valence-electron chi connectivity index (χ2n) is 7.15. The molecule has 3 amide bonds. The van der Waals surface area contributed by atoms with Gasteiger partial charge in [0.2, 0.25) is 0 Å². The topological polar surface area (TPSA) is 119 Å². The Hall–Kier alpha value is -4.27. The number of nitrogens with zero attached hydrogens (tertiary/aromatic N) is 2. The number of fused-ring (bicyclic) bond motifs is 1. The summed E-state index contributed by atoms with van der Waals surface area (Å²) in [5.41, 5.74) is 1.17. The quantitative estimate of drug-likeness (QED) is 0.468. The van der Waals surface area contributed by atoms with Crippen molar-refractivity contribution >= 4 is 35.2 Å². The maximum atomic E-state index is 12.6. The van der Waals surface area contributed by atoms with Crippen molar-refractivity contribution in [1.29, 1.82) is 0 Å². The van der Waals surface area contributed by atoms with Gasteiger partial charge in [-0.25, -0.2) is 9.69 Å². The molecule has 0 spiro atoms. The number of amides is 3. The molecule has 0 radical (unpaired) electrons. The molecule has 1 atom stereocenters. The number of hydrogen-bond donors (Lipinski definition) is 1. The monoisotopic (exact) mass is 433 g/mol. The largest absolute Gasteiger partial charge is 0.449 e. The summed E-state index contributed by atoms with van der Waals surface area (Å²) >= 11 is 0. The third-order valence-corrected chi connectivity index (χ3v) is 4.95. The van der Waals surface area contributed by atoms with Crippen molar-refractivity contribution in [2.75, 3.05) is 10.2 Å². The fraction of sp³-hybridized carbons (Fsp3) is 0.174. The average Bonchev–Trinajstić information content (AvgIpc) is 3.32. The highest BCUT2D eigenvalue weighted by Gasteiger charge is 2.36. The second kappa shape index (κ2) is 8.46. The van der Waals surface area contributed by atoms with Gasteiger partial charge in [0, 0.05) is 6.07 Å². The number of aromatic nitrogens is 1. The highest BCUT2D eigenvalue weighted by Crippen LogP contribution is 2.28. The van der Waals surface area contributed by atoms with Gasteiger partial charge in [-0.3, -0.25) is 14.4 Å². The SMILES string of the molecule is CCC(OC(=O)c1ccc(N2C(=O)c3ccccc3C2=O)cc1)C(=O)Nc1cc(C)on1. The van der Waals surface area contributed by atoms with E-state index in [4.69, 9.17) is 9.26 Å². The molecule has 0 bridgehead atoms. The van der Waals surface area contributed by atoms with Crippen LogP contribution in [-0.2, 0) is 9.53 Å². The molecule has 0 saturated heterocycles. The molecule has 1 aliphatic heterocycles. The number of nitrogens with one attached hydrogen (secondary N) is 1. The number of aryl methyl sites for hydroxylation is 1. The summed E-state index contributed by atoms with van der Waals surface area (Å²) < 4.78 is 10.2. The van der Waals surface area contributed by atoms with Crippen LogP contribution in [0.25, 0.3) is 0 Å². The summed E-state index contributed by atoms with van der Waals surface area (Å²) in [6, 6.07) is 14.0. The third kappa shape index (κ3) is 3.87. The van der Waals surface area contributed by atoms with Crippen molar-refractivity contribution in [3.63, 3.8) is 0 Å². The molecular formula is C23H19N3O6. The van der Waals surface area contributed by atoms with Gasteiger partial charge in [-0.05, 0) is 49.7 Å². The average molecular weight is 433 g/mol. The Labute approximate surface area is 182 Å². The van der Waals surface area contributed by atoms with Crippen molar-refractivity contribution in [1.82, 2.24) is 5.16 Å². The zero-order valence-corrected chi connectivity index (χ0v) is 17.3. The van der Waals surface area contributed by atoms with Crippen LogP contribution in [0, 0.1) is 6.92 Å². The fourth-order valence-corrected chi connectivity index (χ4v) is 3.32. The number of anilines is 2. The molecule has 32 heavy (non-hydrogen) atoms. The van der Waals surface area contributed by atoms with Crippen molar-refractivity contribution in [2.45, 2.75) is 26.4 Å². The first-order chi connectivity index (χ1) is 15.4. The Morgan fingerprint density at radius 3 is 2.22 bits per heavy atom. The second-order valence-corrected chi connectivity index (χ2v) is 7.15. The van der Waals surface area contributed by atoms with Gasteiger partial charge < -0.3 is 14.6 Å². The lowest BCUT2D eigenvalue weighted by molar-refractivity contribution is -0.124. The summed E-state index contributed by atoms with van der Waals surface area (Å²) in [6.45, 7) is 3.39. The van der Waals surface area contributed by atoms with Crippen LogP contribution in [0.5, 0.6) is 0 Å². The maximum absolute atomic E-state index is 12.6. The van der Waals surface area contributed by atoms with Gasteiger partial charge in [-0.1, -0.05) is 24.2 Å². The van der Waals surface area contributed by atoms with Crippen LogP contribution < -0.4 is 10.2 Å². The van der Waals surface area contributed by atoms with Gasteiger partial charge in [-0.15, -0.1) is 0 Å². The van der Waals surface area contributed by atoms with E-state index < -0.39 is 29.8 Å². The third-order valence-electron chi connectivity index (χ3n) is 4.95. The normalized spacial score (nSPS) is 13.6. The summed E-state index contributed by atoms with van der Waals surface area (Å²) in [4.78, 5) is 51.2. The first-order valence-corrected chi connectivity index (χ1v) is 9.92. The highest BCUT2D eigenvalue weighted by atomic mass is 16.5. The van der Waals surface area contributed by atoms with Gasteiger partial charge in [-0.2, -0.15) is 0 Å². The Balaban J connectivity index is 1.44. The number of benzene rings is 2. The first kappa shape index (κ1) is 21.0. The highest BCUT2D eigenvalue weighted by molar-refractivity contribution is 6.34. The van der Waals surface area contributed by atoms with Crippen LogP contribution >= 0.6 is 0 Å². The van der Waals surface area contributed by atoms with E-state index in [9.17, 15) is 19.2 Å². The lowest BCUT2D eigenvalue weighted by Gasteiger charge is -2.16. The van der Waals surface area contributed by atoms with Gasteiger partial charge in [0.1, 0.15) is 5.76 Å². The summed E-state index contributed by atoms with van der Waals surface area (Å²) in [7, 11) is 0. The molecule has 9 nitrogen and oxygen atoms in total.